The third-order valence-corrected chi connectivity index (χ3v) is 3.78. The number of para-hydroxylation sites is 1. The van der Waals surface area contributed by atoms with Gasteiger partial charge in [0, 0.05) is 18.8 Å². The van der Waals surface area contributed by atoms with Gasteiger partial charge in [-0.25, -0.2) is 0 Å². The van der Waals surface area contributed by atoms with Crippen molar-refractivity contribution >= 4 is 23.0 Å². The Morgan fingerprint density at radius 1 is 1.21 bits per heavy atom. The zero-order valence-electron chi connectivity index (χ0n) is 12.1. The molecule has 104 valence electrons. The molecule has 4 heteroatoms. The molecule has 0 aliphatic carbocycles. The van der Waals surface area contributed by atoms with Gasteiger partial charge in [-0.15, -0.1) is 0 Å². The van der Waals surface area contributed by atoms with Crippen LogP contribution in [-0.4, -0.2) is 35.3 Å². The van der Waals surface area contributed by atoms with Crippen LogP contribution >= 0.6 is 12.2 Å². The minimum atomic E-state index is 0.224. The normalized spacial score (nSPS) is 23.3. The Balaban J connectivity index is 2.08. The summed E-state index contributed by atoms with van der Waals surface area (Å²) in [4.78, 5) is 2.19. The van der Waals surface area contributed by atoms with Crippen molar-refractivity contribution in [2.45, 2.75) is 39.9 Å². The van der Waals surface area contributed by atoms with Gasteiger partial charge in [-0.1, -0.05) is 18.2 Å². The van der Waals surface area contributed by atoms with Crippen molar-refractivity contribution in [1.82, 2.24) is 4.90 Å². The van der Waals surface area contributed by atoms with E-state index < -0.39 is 0 Å². The number of thiocarbonyl (C=S) groups is 1. The van der Waals surface area contributed by atoms with E-state index in [0.717, 1.165) is 23.9 Å². The maximum absolute atomic E-state index is 5.74. The summed E-state index contributed by atoms with van der Waals surface area (Å²) in [5.41, 5.74) is 3.56. The lowest BCUT2D eigenvalue weighted by molar-refractivity contribution is -0.0473. The Kier molecular flexibility index (Phi) is 4.42. The lowest BCUT2D eigenvalue weighted by atomic mass is 10.1. The summed E-state index contributed by atoms with van der Waals surface area (Å²) in [5.74, 6) is 0. The van der Waals surface area contributed by atoms with Crippen molar-refractivity contribution in [2.24, 2.45) is 0 Å². The van der Waals surface area contributed by atoms with Gasteiger partial charge in [-0.3, -0.25) is 0 Å². The molecule has 0 amide bonds. The van der Waals surface area contributed by atoms with E-state index in [1.54, 1.807) is 0 Å². The Hall–Kier alpha value is -1.13. The number of rotatable bonds is 1. The zero-order chi connectivity index (χ0) is 14.0. The van der Waals surface area contributed by atoms with Crippen LogP contribution in [0.2, 0.25) is 0 Å². The molecule has 0 spiro atoms. The first kappa shape index (κ1) is 14.3. The predicted molar refractivity (Wildman–Crippen MR) is 83.7 cm³/mol. The van der Waals surface area contributed by atoms with Crippen LogP contribution in [0.1, 0.15) is 25.0 Å². The first-order chi connectivity index (χ1) is 8.97. The SMILES string of the molecule is Cc1cccc(C)c1NC(=S)N1C[C@H](C)O[C@@H](C)C1. The first-order valence-corrected chi connectivity index (χ1v) is 7.16. The van der Waals surface area contributed by atoms with E-state index in [1.807, 2.05) is 0 Å². The Labute approximate surface area is 120 Å². The molecule has 2 rings (SSSR count). The lowest BCUT2D eigenvalue weighted by Gasteiger charge is -2.37. The molecule has 0 unspecified atom stereocenters. The number of hydrogen-bond acceptors (Lipinski definition) is 2. The Bertz CT molecular complexity index is 445. The fourth-order valence-corrected chi connectivity index (χ4v) is 2.79. The van der Waals surface area contributed by atoms with Crippen molar-refractivity contribution in [3.05, 3.63) is 29.3 Å². The fraction of sp³-hybridized carbons (Fsp3) is 0.533. The van der Waals surface area contributed by atoms with Gasteiger partial charge in [-0.2, -0.15) is 0 Å². The first-order valence-electron chi connectivity index (χ1n) is 6.75. The van der Waals surface area contributed by atoms with Gasteiger partial charge >= 0.3 is 0 Å². The summed E-state index contributed by atoms with van der Waals surface area (Å²) in [7, 11) is 0. The minimum Gasteiger partial charge on any atom is -0.372 e. The van der Waals surface area contributed by atoms with Gasteiger partial charge < -0.3 is 15.0 Å². The largest absolute Gasteiger partial charge is 0.372 e. The maximum Gasteiger partial charge on any atom is 0.173 e. The van der Waals surface area contributed by atoms with Crippen molar-refractivity contribution in [2.75, 3.05) is 18.4 Å². The highest BCUT2D eigenvalue weighted by Gasteiger charge is 2.24. The van der Waals surface area contributed by atoms with E-state index in [4.69, 9.17) is 17.0 Å². The lowest BCUT2D eigenvalue weighted by Crippen LogP contribution is -2.49. The molecule has 1 saturated heterocycles. The second kappa shape index (κ2) is 5.88. The number of hydrogen-bond donors (Lipinski definition) is 1. The van der Waals surface area contributed by atoms with Crippen LogP contribution in [0.3, 0.4) is 0 Å². The van der Waals surface area contributed by atoms with Gasteiger partial charge in [0.05, 0.1) is 12.2 Å². The van der Waals surface area contributed by atoms with E-state index in [9.17, 15) is 0 Å². The highest BCUT2D eigenvalue weighted by Crippen LogP contribution is 2.21. The summed E-state index contributed by atoms with van der Waals surface area (Å²) in [6.45, 7) is 10.1. The van der Waals surface area contributed by atoms with E-state index in [2.05, 4.69) is 56.1 Å². The number of nitrogens with zero attached hydrogens (tertiary/aromatic N) is 1. The molecular formula is C15H22N2OS. The highest BCUT2D eigenvalue weighted by atomic mass is 32.1. The molecule has 1 heterocycles. The van der Waals surface area contributed by atoms with Crippen LogP contribution in [0.25, 0.3) is 0 Å². The van der Waals surface area contributed by atoms with Crippen LogP contribution in [0.15, 0.2) is 18.2 Å². The number of anilines is 1. The summed E-state index contributed by atoms with van der Waals surface area (Å²) >= 11 is 5.54. The van der Waals surface area contributed by atoms with Crippen LogP contribution in [0.5, 0.6) is 0 Å². The number of nitrogens with one attached hydrogen (secondary N) is 1. The van der Waals surface area contributed by atoms with Gasteiger partial charge in [-0.05, 0) is 51.0 Å². The van der Waals surface area contributed by atoms with Crippen molar-refractivity contribution in [3.63, 3.8) is 0 Å². The summed E-state index contributed by atoms with van der Waals surface area (Å²) < 4.78 is 5.74. The average Bonchev–Trinajstić information content (AvgIpc) is 2.32. The standard InChI is InChI=1S/C15H22N2OS/c1-10-6-5-7-11(2)14(10)16-15(19)17-8-12(3)18-13(4)9-17/h5-7,12-13H,8-9H2,1-4H3,(H,16,19)/t12-,13-/m0/s1. The molecule has 0 radical (unpaired) electrons. The third kappa shape index (κ3) is 3.45. The molecule has 0 aromatic heterocycles. The number of benzene rings is 1. The summed E-state index contributed by atoms with van der Waals surface area (Å²) in [6, 6.07) is 6.27. The van der Waals surface area contributed by atoms with Gasteiger partial charge in [0.15, 0.2) is 5.11 Å². The van der Waals surface area contributed by atoms with Gasteiger partial charge in [0.25, 0.3) is 0 Å². The van der Waals surface area contributed by atoms with Crippen LogP contribution in [0.4, 0.5) is 5.69 Å². The Morgan fingerprint density at radius 3 is 2.26 bits per heavy atom. The van der Waals surface area contributed by atoms with Crippen molar-refractivity contribution < 1.29 is 4.74 Å². The second-order valence-electron chi connectivity index (χ2n) is 5.36. The second-order valence-corrected chi connectivity index (χ2v) is 5.75. The molecule has 0 bridgehead atoms. The maximum atomic E-state index is 5.74. The molecule has 0 saturated carbocycles. The Morgan fingerprint density at radius 2 is 1.74 bits per heavy atom. The fourth-order valence-electron chi connectivity index (χ4n) is 2.54. The van der Waals surface area contributed by atoms with Crippen molar-refractivity contribution in [1.29, 1.82) is 0 Å². The number of morpholine rings is 1. The van der Waals surface area contributed by atoms with E-state index in [0.29, 0.717) is 0 Å². The van der Waals surface area contributed by atoms with E-state index in [1.165, 1.54) is 11.1 Å². The molecule has 1 aliphatic heterocycles. The monoisotopic (exact) mass is 278 g/mol. The molecule has 1 aromatic rings. The topological polar surface area (TPSA) is 24.5 Å². The molecule has 1 aliphatic rings. The summed E-state index contributed by atoms with van der Waals surface area (Å²) in [5, 5.41) is 4.18. The average molecular weight is 278 g/mol. The molecule has 3 nitrogen and oxygen atoms in total. The van der Waals surface area contributed by atoms with Gasteiger partial charge in [0.1, 0.15) is 0 Å². The third-order valence-electron chi connectivity index (χ3n) is 3.42. The van der Waals surface area contributed by atoms with Gasteiger partial charge in [0.2, 0.25) is 0 Å². The van der Waals surface area contributed by atoms with Crippen molar-refractivity contribution in [3.8, 4) is 0 Å². The summed E-state index contributed by atoms with van der Waals surface area (Å²) in [6.07, 6.45) is 0.447. The van der Waals surface area contributed by atoms with Crippen LogP contribution in [-0.2, 0) is 4.74 Å². The molecule has 19 heavy (non-hydrogen) atoms. The molecule has 1 fully saturated rings. The quantitative estimate of drug-likeness (QED) is 0.798. The molecular weight excluding hydrogens is 256 g/mol. The molecule has 1 N–H and O–H groups in total. The number of ether oxygens (including phenoxy) is 1. The zero-order valence-corrected chi connectivity index (χ0v) is 12.9. The highest BCUT2D eigenvalue weighted by molar-refractivity contribution is 7.80. The van der Waals surface area contributed by atoms with Crippen LogP contribution in [0, 0.1) is 13.8 Å². The van der Waals surface area contributed by atoms with E-state index in [-0.39, 0.29) is 12.2 Å². The molecule has 1 aromatic carbocycles. The minimum absolute atomic E-state index is 0.224. The number of aryl methyl sites for hydroxylation is 2. The molecule has 2 atom stereocenters. The van der Waals surface area contributed by atoms with E-state index >= 15 is 0 Å². The smallest absolute Gasteiger partial charge is 0.173 e. The predicted octanol–water partition coefficient (Wildman–Crippen LogP) is 3.11. The van der Waals surface area contributed by atoms with Crippen LogP contribution < -0.4 is 5.32 Å².